The molecule has 0 saturated heterocycles. The van der Waals surface area contributed by atoms with Crippen LogP contribution in [0.1, 0.15) is 26.0 Å². The van der Waals surface area contributed by atoms with E-state index in [4.69, 9.17) is 5.11 Å². The van der Waals surface area contributed by atoms with Crippen LogP contribution >= 0.6 is 0 Å². The molecule has 0 fully saturated rings. The fourth-order valence-electron chi connectivity index (χ4n) is 1.58. The third-order valence-electron chi connectivity index (χ3n) is 2.50. The summed E-state index contributed by atoms with van der Waals surface area (Å²) in [5, 5.41) is 12.2. The van der Waals surface area contributed by atoms with Gasteiger partial charge < -0.3 is 15.0 Å². The lowest BCUT2D eigenvalue weighted by Gasteiger charge is -2.11. The SMILES string of the molecule is CCCn1cccc1CNCC(C)CO. The molecular formula is C12H22N2O. The Hall–Kier alpha value is -0.800. The van der Waals surface area contributed by atoms with E-state index >= 15 is 0 Å². The lowest BCUT2D eigenvalue weighted by molar-refractivity contribution is 0.233. The molecule has 0 radical (unpaired) electrons. The van der Waals surface area contributed by atoms with Crippen LogP contribution in [0.25, 0.3) is 0 Å². The highest BCUT2D eigenvalue weighted by Crippen LogP contribution is 2.03. The first-order chi connectivity index (χ1) is 7.27. The largest absolute Gasteiger partial charge is 0.396 e. The highest BCUT2D eigenvalue weighted by Gasteiger charge is 2.01. The molecule has 3 nitrogen and oxygen atoms in total. The second kappa shape index (κ2) is 6.64. The molecule has 3 heteroatoms. The van der Waals surface area contributed by atoms with Gasteiger partial charge in [-0.25, -0.2) is 0 Å². The topological polar surface area (TPSA) is 37.2 Å². The average Bonchev–Trinajstić information content (AvgIpc) is 2.66. The molecule has 1 atom stereocenters. The van der Waals surface area contributed by atoms with E-state index in [2.05, 4.69) is 35.1 Å². The lowest BCUT2D eigenvalue weighted by atomic mass is 10.2. The summed E-state index contributed by atoms with van der Waals surface area (Å²) >= 11 is 0. The molecule has 0 aliphatic heterocycles. The first-order valence-electron chi connectivity index (χ1n) is 5.73. The average molecular weight is 210 g/mol. The summed E-state index contributed by atoms with van der Waals surface area (Å²) in [7, 11) is 0. The van der Waals surface area contributed by atoms with E-state index in [9.17, 15) is 0 Å². The monoisotopic (exact) mass is 210 g/mol. The van der Waals surface area contributed by atoms with Crippen LogP contribution in [-0.2, 0) is 13.1 Å². The molecular weight excluding hydrogens is 188 g/mol. The standard InChI is InChI=1S/C12H22N2O/c1-3-6-14-7-4-5-12(14)9-13-8-11(2)10-15/h4-5,7,11,13,15H,3,6,8-10H2,1-2H3. The molecule has 0 aromatic carbocycles. The second-order valence-electron chi connectivity index (χ2n) is 4.11. The van der Waals surface area contributed by atoms with Crippen molar-refractivity contribution >= 4 is 0 Å². The Morgan fingerprint density at radius 3 is 3.00 bits per heavy atom. The van der Waals surface area contributed by atoms with Crippen molar-refractivity contribution in [2.24, 2.45) is 5.92 Å². The number of hydrogen-bond donors (Lipinski definition) is 2. The minimum absolute atomic E-state index is 0.253. The lowest BCUT2D eigenvalue weighted by Crippen LogP contribution is -2.23. The van der Waals surface area contributed by atoms with Crippen LogP contribution < -0.4 is 5.32 Å². The maximum atomic E-state index is 8.89. The molecule has 0 spiro atoms. The molecule has 0 saturated carbocycles. The van der Waals surface area contributed by atoms with E-state index in [0.717, 1.165) is 26.1 Å². The van der Waals surface area contributed by atoms with Crippen molar-refractivity contribution in [1.29, 1.82) is 0 Å². The molecule has 0 aliphatic carbocycles. The normalized spacial score (nSPS) is 13.0. The summed E-state index contributed by atoms with van der Waals surface area (Å²) in [5.74, 6) is 0.333. The number of hydrogen-bond acceptors (Lipinski definition) is 2. The van der Waals surface area contributed by atoms with Crippen LogP contribution in [0.2, 0.25) is 0 Å². The van der Waals surface area contributed by atoms with Crippen molar-refractivity contribution in [3.05, 3.63) is 24.0 Å². The Balaban J connectivity index is 2.33. The van der Waals surface area contributed by atoms with Gasteiger partial charge in [0.1, 0.15) is 0 Å². The summed E-state index contributed by atoms with van der Waals surface area (Å²) in [5.41, 5.74) is 1.32. The predicted molar refractivity (Wildman–Crippen MR) is 62.7 cm³/mol. The summed E-state index contributed by atoms with van der Waals surface area (Å²) in [4.78, 5) is 0. The molecule has 2 N–H and O–H groups in total. The van der Waals surface area contributed by atoms with Crippen molar-refractivity contribution in [2.75, 3.05) is 13.2 Å². The summed E-state index contributed by atoms with van der Waals surface area (Å²) in [6.07, 6.45) is 3.28. The Labute approximate surface area is 92.1 Å². The third kappa shape index (κ3) is 4.06. The van der Waals surface area contributed by atoms with Gasteiger partial charge in [0, 0.05) is 38.1 Å². The first-order valence-corrected chi connectivity index (χ1v) is 5.73. The maximum Gasteiger partial charge on any atom is 0.0468 e. The maximum absolute atomic E-state index is 8.89. The minimum Gasteiger partial charge on any atom is -0.396 e. The van der Waals surface area contributed by atoms with Gasteiger partial charge in [-0.05, 0) is 24.5 Å². The zero-order valence-corrected chi connectivity index (χ0v) is 9.74. The van der Waals surface area contributed by atoms with Gasteiger partial charge in [0.15, 0.2) is 0 Å². The first kappa shape index (κ1) is 12.3. The third-order valence-corrected chi connectivity index (χ3v) is 2.50. The van der Waals surface area contributed by atoms with Gasteiger partial charge in [-0.15, -0.1) is 0 Å². The fraction of sp³-hybridized carbons (Fsp3) is 0.667. The number of aliphatic hydroxyl groups is 1. The van der Waals surface area contributed by atoms with Gasteiger partial charge in [-0.3, -0.25) is 0 Å². The van der Waals surface area contributed by atoms with Gasteiger partial charge in [0.25, 0.3) is 0 Å². The summed E-state index contributed by atoms with van der Waals surface area (Å²) in [6, 6.07) is 4.23. The number of nitrogens with zero attached hydrogens (tertiary/aromatic N) is 1. The molecule has 0 aliphatic rings. The molecule has 0 bridgehead atoms. The van der Waals surface area contributed by atoms with Crippen LogP contribution in [0, 0.1) is 5.92 Å². The zero-order chi connectivity index (χ0) is 11.1. The van der Waals surface area contributed by atoms with Crippen LogP contribution in [0.4, 0.5) is 0 Å². The van der Waals surface area contributed by atoms with Gasteiger partial charge in [-0.2, -0.15) is 0 Å². The van der Waals surface area contributed by atoms with E-state index in [1.54, 1.807) is 0 Å². The Morgan fingerprint density at radius 2 is 2.33 bits per heavy atom. The highest BCUT2D eigenvalue weighted by molar-refractivity contribution is 5.06. The van der Waals surface area contributed by atoms with Crippen LogP contribution in [0.5, 0.6) is 0 Å². The fourth-order valence-corrected chi connectivity index (χ4v) is 1.58. The van der Waals surface area contributed by atoms with Crippen molar-refractivity contribution in [3.8, 4) is 0 Å². The van der Waals surface area contributed by atoms with Gasteiger partial charge in [0.2, 0.25) is 0 Å². The molecule has 1 unspecified atom stereocenters. The smallest absolute Gasteiger partial charge is 0.0468 e. The highest BCUT2D eigenvalue weighted by atomic mass is 16.3. The Morgan fingerprint density at radius 1 is 1.53 bits per heavy atom. The van der Waals surface area contributed by atoms with Crippen molar-refractivity contribution in [1.82, 2.24) is 9.88 Å². The quantitative estimate of drug-likeness (QED) is 0.717. The van der Waals surface area contributed by atoms with Gasteiger partial charge in [0.05, 0.1) is 0 Å². The van der Waals surface area contributed by atoms with Crippen LogP contribution in [0.15, 0.2) is 18.3 Å². The molecule has 1 aromatic rings. The molecule has 1 heterocycles. The predicted octanol–water partition coefficient (Wildman–Crippen LogP) is 1.62. The molecule has 1 rings (SSSR count). The Bertz CT molecular complexity index is 270. The number of aromatic nitrogens is 1. The zero-order valence-electron chi connectivity index (χ0n) is 9.74. The number of nitrogens with one attached hydrogen (secondary N) is 1. The number of rotatable bonds is 7. The van der Waals surface area contributed by atoms with Crippen molar-refractivity contribution in [3.63, 3.8) is 0 Å². The van der Waals surface area contributed by atoms with Gasteiger partial charge >= 0.3 is 0 Å². The van der Waals surface area contributed by atoms with E-state index in [1.165, 1.54) is 5.69 Å². The van der Waals surface area contributed by atoms with E-state index < -0.39 is 0 Å². The number of aliphatic hydroxyl groups excluding tert-OH is 1. The molecule has 15 heavy (non-hydrogen) atoms. The Kier molecular flexibility index (Phi) is 5.43. The second-order valence-corrected chi connectivity index (χ2v) is 4.11. The number of aryl methyl sites for hydroxylation is 1. The van der Waals surface area contributed by atoms with Crippen molar-refractivity contribution < 1.29 is 5.11 Å². The van der Waals surface area contributed by atoms with Crippen LogP contribution in [0.3, 0.4) is 0 Å². The molecule has 1 aromatic heterocycles. The van der Waals surface area contributed by atoms with E-state index in [-0.39, 0.29) is 6.61 Å². The van der Waals surface area contributed by atoms with Gasteiger partial charge in [-0.1, -0.05) is 13.8 Å². The van der Waals surface area contributed by atoms with Crippen molar-refractivity contribution in [2.45, 2.75) is 33.4 Å². The molecule has 86 valence electrons. The van der Waals surface area contributed by atoms with Crippen LogP contribution in [-0.4, -0.2) is 22.8 Å². The van der Waals surface area contributed by atoms with E-state index in [1.807, 2.05) is 6.92 Å². The summed E-state index contributed by atoms with van der Waals surface area (Å²) in [6.45, 7) is 7.32. The summed E-state index contributed by atoms with van der Waals surface area (Å²) < 4.78 is 2.27. The van der Waals surface area contributed by atoms with E-state index in [0.29, 0.717) is 5.92 Å². The minimum atomic E-state index is 0.253. The molecule has 0 amide bonds.